The molecule has 1 rings (SSSR count). The maximum absolute atomic E-state index is 11.8. The number of amides is 1. The summed E-state index contributed by atoms with van der Waals surface area (Å²) >= 11 is 0. The second kappa shape index (κ2) is 7.74. The molecule has 0 aromatic heterocycles. The molecule has 1 N–H and O–H groups in total. The van der Waals surface area contributed by atoms with Gasteiger partial charge in [-0.1, -0.05) is 6.92 Å². The van der Waals surface area contributed by atoms with Gasteiger partial charge in [-0.05, 0) is 45.6 Å². The third-order valence-corrected chi connectivity index (χ3v) is 3.83. The second-order valence-corrected chi connectivity index (χ2v) is 5.75. The van der Waals surface area contributed by atoms with Crippen molar-refractivity contribution in [2.45, 2.75) is 51.6 Å². The second-order valence-electron chi connectivity index (χ2n) is 5.75. The first-order chi connectivity index (χ1) is 8.52. The Hall–Kier alpha value is -0.610. The normalized spacial score (nSPS) is 26.1. The van der Waals surface area contributed by atoms with Crippen molar-refractivity contribution in [3.05, 3.63) is 0 Å². The predicted octanol–water partition coefficient (Wildman–Crippen LogP) is 1.65. The average Bonchev–Trinajstić information content (AvgIpc) is 2.29. The van der Waals surface area contributed by atoms with Gasteiger partial charge in [0.25, 0.3) is 0 Å². The van der Waals surface area contributed by atoms with Gasteiger partial charge in [-0.15, -0.1) is 0 Å². The Balaban J connectivity index is 2.26. The fraction of sp³-hybridized carbons (Fsp3) is 0.929. The van der Waals surface area contributed by atoms with Gasteiger partial charge in [-0.3, -0.25) is 9.69 Å². The molecule has 1 aliphatic carbocycles. The summed E-state index contributed by atoms with van der Waals surface area (Å²) in [6, 6.07) is 0.659. The van der Waals surface area contributed by atoms with Crippen molar-refractivity contribution in [3.8, 4) is 0 Å². The highest BCUT2D eigenvalue weighted by molar-refractivity contribution is 5.78. The third-order valence-electron chi connectivity index (χ3n) is 3.83. The van der Waals surface area contributed by atoms with Gasteiger partial charge in [0.15, 0.2) is 0 Å². The van der Waals surface area contributed by atoms with E-state index in [1.807, 2.05) is 6.92 Å². The van der Waals surface area contributed by atoms with Crippen LogP contribution in [0.15, 0.2) is 0 Å². The van der Waals surface area contributed by atoms with E-state index >= 15 is 0 Å². The smallest absolute Gasteiger partial charge is 0.234 e. The van der Waals surface area contributed by atoms with Crippen LogP contribution in [0.3, 0.4) is 0 Å². The molecule has 4 heteroatoms. The maximum atomic E-state index is 11.8. The van der Waals surface area contributed by atoms with Crippen LogP contribution in [0, 0.1) is 5.92 Å². The van der Waals surface area contributed by atoms with E-state index in [0.717, 1.165) is 5.92 Å². The van der Waals surface area contributed by atoms with E-state index in [-0.39, 0.29) is 11.9 Å². The highest BCUT2D eigenvalue weighted by Gasteiger charge is 2.23. The van der Waals surface area contributed by atoms with Gasteiger partial charge in [0.2, 0.25) is 5.91 Å². The first-order valence-corrected chi connectivity index (χ1v) is 7.01. The van der Waals surface area contributed by atoms with Gasteiger partial charge in [0.1, 0.15) is 0 Å². The number of methoxy groups -OCH3 is 1. The standard InChI is InChI=1S/C14H28N2O2/c1-11-5-7-13(8-6-11)16(3)9-14(17)15-12(2)10-18-4/h11-13H,5-10H2,1-4H3,(H,15,17). The highest BCUT2D eigenvalue weighted by atomic mass is 16.5. The van der Waals surface area contributed by atoms with Crippen LogP contribution in [-0.4, -0.2) is 50.2 Å². The number of likely N-dealkylation sites (N-methyl/N-ethyl adjacent to an activating group) is 1. The molecule has 106 valence electrons. The van der Waals surface area contributed by atoms with Crippen molar-refractivity contribution in [2.24, 2.45) is 5.92 Å². The number of carbonyl (C=O) groups excluding carboxylic acids is 1. The van der Waals surface area contributed by atoms with Gasteiger partial charge in [0, 0.05) is 19.2 Å². The van der Waals surface area contributed by atoms with E-state index < -0.39 is 0 Å². The Morgan fingerprint density at radius 3 is 2.56 bits per heavy atom. The van der Waals surface area contributed by atoms with Crippen molar-refractivity contribution >= 4 is 5.91 Å². The Morgan fingerprint density at radius 2 is 2.00 bits per heavy atom. The molecule has 1 aliphatic rings. The van der Waals surface area contributed by atoms with Crippen LogP contribution in [-0.2, 0) is 9.53 Å². The Morgan fingerprint density at radius 1 is 1.39 bits per heavy atom. The van der Waals surface area contributed by atoms with Crippen LogP contribution in [0.1, 0.15) is 39.5 Å². The SMILES string of the molecule is COCC(C)NC(=O)CN(C)C1CCC(C)CC1. The van der Waals surface area contributed by atoms with Gasteiger partial charge < -0.3 is 10.1 Å². The number of hydrogen-bond donors (Lipinski definition) is 1. The van der Waals surface area contributed by atoms with Crippen LogP contribution in [0.5, 0.6) is 0 Å². The molecule has 1 fully saturated rings. The quantitative estimate of drug-likeness (QED) is 0.785. The zero-order valence-corrected chi connectivity index (χ0v) is 12.2. The van der Waals surface area contributed by atoms with Gasteiger partial charge in [-0.25, -0.2) is 0 Å². The van der Waals surface area contributed by atoms with Crippen LogP contribution >= 0.6 is 0 Å². The van der Waals surface area contributed by atoms with Crippen LogP contribution in [0.25, 0.3) is 0 Å². The summed E-state index contributed by atoms with van der Waals surface area (Å²) in [5, 5.41) is 2.95. The van der Waals surface area contributed by atoms with E-state index in [1.54, 1.807) is 7.11 Å². The summed E-state index contributed by atoms with van der Waals surface area (Å²) in [5.74, 6) is 0.950. The van der Waals surface area contributed by atoms with Crippen LogP contribution in [0.2, 0.25) is 0 Å². The first-order valence-electron chi connectivity index (χ1n) is 7.01. The van der Waals surface area contributed by atoms with Gasteiger partial charge in [0.05, 0.1) is 13.2 Å². The van der Waals surface area contributed by atoms with E-state index in [4.69, 9.17) is 4.74 Å². The molecule has 1 saturated carbocycles. The summed E-state index contributed by atoms with van der Waals surface area (Å²) in [6.07, 6.45) is 5.02. The zero-order valence-electron chi connectivity index (χ0n) is 12.2. The molecule has 0 saturated heterocycles. The molecule has 18 heavy (non-hydrogen) atoms. The molecule has 0 spiro atoms. The molecule has 0 aliphatic heterocycles. The molecule has 4 nitrogen and oxygen atoms in total. The Labute approximate surface area is 111 Å². The predicted molar refractivity (Wildman–Crippen MR) is 73.5 cm³/mol. The first kappa shape index (κ1) is 15.4. The molecule has 0 radical (unpaired) electrons. The number of ether oxygens (including phenoxy) is 1. The molecule has 1 amide bonds. The van der Waals surface area contributed by atoms with E-state index in [0.29, 0.717) is 19.2 Å². The molecule has 1 atom stereocenters. The number of rotatable bonds is 6. The van der Waals surface area contributed by atoms with Crippen LogP contribution < -0.4 is 5.32 Å². The molecule has 0 aromatic rings. The summed E-state index contributed by atoms with van der Waals surface area (Å²) in [5.41, 5.74) is 0. The molecular formula is C14H28N2O2. The zero-order chi connectivity index (χ0) is 13.5. The summed E-state index contributed by atoms with van der Waals surface area (Å²) in [7, 11) is 3.71. The highest BCUT2D eigenvalue weighted by Crippen LogP contribution is 2.26. The summed E-state index contributed by atoms with van der Waals surface area (Å²) in [4.78, 5) is 14.0. The van der Waals surface area contributed by atoms with E-state index in [9.17, 15) is 4.79 Å². The fourth-order valence-electron chi connectivity index (χ4n) is 2.65. The molecule has 0 bridgehead atoms. The third kappa shape index (κ3) is 5.36. The summed E-state index contributed by atoms with van der Waals surface area (Å²) in [6.45, 7) is 5.34. The minimum Gasteiger partial charge on any atom is -0.383 e. The Kier molecular flexibility index (Phi) is 6.65. The van der Waals surface area contributed by atoms with Crippen molar-refractivity contribution < 1.29 is 9.53 Å². The van der Waals surface area contributed by atoms with Crippen molar-refractivity contribution in [1.82, 2.24) is 10.2 Å². The fourth-order valence-corrected chi connectivity index (χ4v) is 2.65. The number of nitrogens with one attached hydrogen (secondary N) is 1. The Bertz CT molecular complexity index is 250. The monoisotopic (exact) mass is 256 g/mol. The molecular weight excluding hydrogens is 228 g/mol. The largest absolute Gasteiger partial charge is 0.383 e. The molecule has 1 unspecified atom stereocenters. The minimum atomic E-state index is 0.0854. The van der Waals surface area contributed by atoms with Crippen molar-refractivity contribution in [3.63, 3.8) is 0 Å². The number of carbonyl (C=O) groups is 1. The lowest BCUT2D eigenvalue weighted by atomic mass is 9.87. The van der Waals surface area contributed by atoms with Gasteiger partial charge >= 0.3 is 0 Å². The van der Waals surface area contributed by atoms with Crippen molar-refractivity contribution in [2.75, 3.05) is 27.3 Å². The lowest BCUT2D eigenvalue weighted by molar-refractivity contribution is -0.123. The van der Waals surface area contributed by atoms with E-state index in [2.05, 4.69) is 24.2 Å². The van der Waals surface area contributed by atoms with Crippen LogP contribution in [0.4, 0.5) is 0 Å². The molecule has 0 heterocycles. The minimum absolute atomic E-state index is 0.0854. The number of hydrogen-bond acceptors (Lipinski definition) is 3. The van der Waals surface area contributed by atoms with Crippen molar-refractivity contribution in [1.29, 1.82) is 0 Å². The van der Waals surface area contributed by atoms with E-state index in [1.165, 1.54) is 25.7 Å². The topological polar surface area (TPSA) is 41.6 Å². The lowest BCUT2D eigenvalue weighted by Gasteiger charge is -2.33. The number of nitrogens with zero attached hydrogens (tertiary/aromatic N) is 1. The molecule has 0 aromatic carbocycles. The van der Waals surface area contributed by atoms with Gasteiger partial charge in [-0.2, -0.15) is 0 Å². The average molecular weight is 256 g/mol. The lowest BCUT2D eigenvalue weighted by Crippen LogP contribution is -2.45. The summed E-state index contributed by atoms with van der Waals surface area (Å²) < 4.78 is 5.01. The maximum Gasteiger partial charge on any atom is 0.234 e.